The number of amides is 1. The molecule has 1 atom stereocenters. The standard InChI is InChI=1S/C19H17N3O2S/c1-14(25-19-20-12-5-13-21-19)18(23)22-15-8-10-17(11-9-15)24-16-6-3-2-4-7-16/h2-14H,1H3,(H,22,23). The van der Waals surface area contributed by atoms with Crippen molar-refractivity contribution in [1.29, 1.82) is 0 Å². The third kappa shape index (κ3) is 5.06. The fourth-order valence-corrected chi connectivity index (χ4v) is 2.76. The van der Waals surface area contributed by atoms with Gasteiger partial charge in [-0.05, 0) is 49.4 Å². The maximum absolute atomic E-state index is 12.3. The predicted molar refractivity (Wildman–Crippen MR) is 98.9 cm³/mol. The SMILES string of the molecule is CC(Sc1ncccn1)C(=O)Nc1ccc(Oc2ccccc2)cc1. The summed E-state index contributed by atoms with van der Waals surface area (Å²) in [6.45, 7) is 1.82. The molecule has 0 saturated carbocycles. The summed E-state index contributed by atoms with van der Waals surface area (Å²) in [7, 11) is 0. The Morgan fingerprint density at radius 2 is 1.60 bits per heavy atom. The van der Waals surface area contributed by atoms with E-state index in [1.54, 1.807) is 18.5 Å². The lowest BCUT2D eigenvalue weighted by atomic mass is 10.3. The maximum atomic E-state index is 12.3. The van der Waals surface area contributed by atoms with Crippen LogP contribution in [0.3, 0.4) is 0 Å². The lowest BCUT2D eigenvalue weighted by molar-refractivity contribution is -0.115. The normalized spacial score (nSPS) is 11.6. The zero-order valence-corrected chi connectivity index (χ0v) is 14.4. The first-order valence-corrected chi connectivity index (χ1v) is 8.66. The molecule has 1 N–H and O–H groups in total. The second-order valence-electron chi connectivity index (χ2n) is 5.22. The summed E-state index contributed by atoms with van der Waals surface area (Å²) in [5.41, 5.74) is 0.715. The van der Waals surface area contributed by atoms with Crippen molar-refractivity contribution >= 4 is 23.4 Å². The predicted octanol–water partition coefficient (Wildman–Crippen LogP) is 4.39. The Balaban J connectivity index is 1.56. The van der Waals surface area contributed by atoms with Crippen molar-refractivity contribution in [2.45, 2.75) is 17.3 Å². The lowest BCUT2D eigenvalue weighted by Crippen LogP contribution is -2.22. The van der Waals surface area contributed by atoms with Gasteiger partial charge in [0.25, 0.3) is 0 Å². The fourth-order valence-electron chi connectivity index (χ4n) is 2.03. The highest BCUT2D eigenvalue weighted by Crippen LogP contribution is 2.24. The molecular weight excluding hydrogens is 334 g/mol. The third-order valence-corrected chi connectivity index (χ3v) is 4.28. The van der Waals surface area contributed by atoms with Gasteiger partial charge < -0.3 is 10.1 Å². The Bertz CT molecular complexity index is 811. The summed E-state index contributed by atoms with van der Waals surface area (Å²) in [6.07, 6.45) is 3.32. The molecule has 1 amide bonds. The van der Waals surface area contributed by atoms with E-state index < -0.39 is 0 Å². The molecule has 0 radical (unpaired) electrons. The Kier molecular flexibility index (Phi) is 5.64. The van der Waals surface area contributed by atoms with Crippen LogP contribution in [0.15, 0.2) is 78.2 Å². The van der Waals surface area contributed by atoms with Gasteiger partial charge in [-0.2, -0.15) is 0 Å². The molecule has 25 heavy (non-hydrogen) atoms. The number of rotatable bonds is 6. The summed E-state index contributed by atoms with van der Waals surface area (Å²) < 4.78 is 5.73. The summed E-state index contributed by atoms with van der Waals surface area (Å²) in [4.78, 5) is 20.5. The number of thioether (sulfide) groups is 1. The summed E-state index contributed by atoms with van der Waals surface area (Å²) in [6, 6.07) is 18.6. The molecule has 1 aromatic heterocycles. The molecule has 5 nitrogen and oxygen atoms in total. The smallest absolute Gasteiger partial charge is 0.237 e. The van der Waals surface area contributed by atoms with Crippen molar-refractivity contribution in [2.24, 2.45) is 0 Å². The molecule has 6 heteroatoms. The van der Waals surface area contributed by atoms with Crippen LogP contribution in [0, 0.1) is 0 Å². The van der Waals surface area contributed by atoms with Crippen LogP contribution in [0.1, 0.15) is 6.92 Å². The van der Waals surface area contributed by atoms with Gasteiger partial charge in [0.1, 0.15) is 11.5 Å². The van der Waals surface area contributed by atoms with Gasteiger partial charge in [-0.25, -0.2) is 9.97 Å². The van der Waals surface area contributed by atoms with E-state index in [9.17, 15) is 4.79 Å². The third-order valence-electron chi connectivity index (χ3n) is 3.29. The molecule has 0 aliphatic heterocycles. The van der Waals surface area contributed by atoms with Gasteiger partial charge in [-0.3, -0.25) is 4.79 Å². The van der Waals surface area contributed by atoms with E-state index in [4.69, 9.17) is 4.74 Å². The highest BCUT2D eigenvalue weighted by Gasteiger charge is 2.15. The summed E-state index contributed by atoms with van der Waals surface area (Å²) in [5.74, 6) is 1.38. The van der Waals surface area contributed by atoms with Crippen molar-refractivity contribution in [3.63, 3.8) is 0 Å². The average Bonchev–Trinajstić information content (AvgIpc) is 2.65. The average molecular weight is 351 g/mol. The molecule has 3 rings (SSSR count). The quantitative estimate of drug-likeness (QED) is 0.527. The molecule has 3 aromatic rings. The van der Waals surface area contributed by atoms with Crippen LogP contribution in [0.4, 0.5) is 5.69 Å². The highest BCUT2D eigenvalue weighted by atomic mass is 32.2. The van der Waals surface area contributed by atoms with Crippen molar-refractivity contribution < 1.29 is 9.53 Å². The first-order valence-electron chi connectivity index (χ1n) is 7.78. The molecule has 1 unspecified atom stereocenters. The first kappa shape index (κ1) is 17.0. The number of para-hydroxylation sites is 1. The number of carbonyl (C=O) groups is 1. The maximum Gasteiger partial charge on any atom is 0.237 e. The molecule has 0 saturated heterocycles. The first-order chi connectivity index (χ1) is 12.2. The largest absolute Gasteiger partial charge is 0.457 e. The lowest BCUT2D eigenvalue weighted by Gasteiger charge is -2.11. The van der Waals surface area contributed by atoms with Crippen molar-refractivity contribution in [3.8, 4) is 11.5 Å². The van der Waals surface area contributed by atoms with Crippen LogP contribution >= 0.6 is 11.8 Å². The van der Waals surface area contributed by atoms with Crippen LogP contribution in [0.5, 0.6) is 11.5 Å². The van der Waals surface area contributed by atoms with E-state index in [2.05, 4.69) is 15.3 Å². The van der Waals surface area contributed by atoms with Crippen molar-refractivity contribution in [2.75, 3.05) is 5.32 Å². The number of hydrogen-bond acceptors (Lipinski definition) is 5. The van der Waals surface area contributed by atoms with E-state index in [1.807, 2.05) is 61.5 Å². The van der Waals surface area contributed by atoms with Crippen LogP contribution in [-0.2, 0) is 4.79 Å². The van der Waals surface area contributed by atoms with Gasteiger partial charge in [0, 0.05) is 18.1 Å². The topological polar surface area (TPSA) is 64.1 Å². The minimum atomic E-state index is -0.303. The molecule has 126 valence electrons. The van der Waals surface area contributed by atoms with Crippen LogP contribution < -0.4 is 10.1 Å². The van der Waals surface area contributed by atoms with Gasteiger partial charge in [0.15, 0.2) is 5.16 Å². The molecule has 1 heterocycles. The Hall–Kier alpha value is -2.86. The van der Waals surface area contributed by atoms with Gasteiger partial charge in [-0.15, -0.1) is 0 Å². The van der Waals surface area contributed by atoms with Gasteiger partial charge in [0.2, 0.25) is 5.91 Å². The van der Waals surface area contributed by atoms with Crippen LogP contribution in [0.25, 0.3) is 0 Å². The number of hydrogen-bond donors (Lipinski definition) is 1. The monoisotopic (exact) mass is 351 g/mol. The van der Waals surface area contributed by atoms with Gasteiger partial charge in [0.05, 0.1) is 5.25 Å². The number of nitrogens with one attached hydrogen (secondary N) is 1. The van der Waals surface area contributed by atoms with Crippen LogP contribution in [-0.4, -0.2) is 21.1 Å². The number of anilines is 1. The number of ether oxygens (including phenoxy) is 1. The molecule has 0 aliphatic rings. The molecule has 0 bridgehead atoms. The number of carbonyl (C=O) groups excluding carboxylic acids is 1. The molecule has 0 aliphatic carbocycles. The molecule has 2 aromatic carbocycles. The molecule has 0 spiro atoms. The van der Waals surface area contributed by atoms with Crippen molar-refractivity contribution in [3.05, 3.63) is 73.1 Å². The van der Waals surface area contributed by atoms with E-state index in [0.717, 1.165) is 5.75 Å². The van der Waals surface area contributed by atoms with Crippen molar-refractivity contribution in [1.82, 2.24) is 9.97 Å². The summed E-state index contributed by atoms with van der Waals surface area (Å²) >= 11 is 1.32. The fraction of sp³-hybridized carbons (Fsp3) is 0.105. The zero-order chi connectivity index (χ0) is 17.5. The minimum Gasteiger partial charge on any atom is -0.457 e. The Morgan fingerprint density at radius 3 is 2.28 bits per heavy atom. The second kappa shape index (κ2) is 8.30. The number of nitrogens with zero attached hydrogens (tertiary/aromatic N) is 2. The van der Waals surface area contributed by atoms with Crippen LogP contribution in [0.2, 0.25) is 0 Å². The second-order valence-corrected chi connectivity index (χ2v) is 6.53. The minimum absolute atomic E-state index is 0.103. The Labute approximate surface area is 150 Å². The van der Waals surface area contributed by atoms with Gasteiger partial charge in [-0.1, -0.05) is 30.0 Å². The number of aromatic nitrogens is 2. The molecule has 0 fully saturated rings. The Morgan fingerprint density at radius 1 is 0.960 bits per heavy atom. The summed E-state index contributed by atoms with van der Waals surface area (Å²) in [5, 5.41) is 3.16. The zero-order valence-electron chi connectivity index (χ0n) is 13.6. The van der Waals surface area contributed by atoms with E-state index in [0.29, 0.717) is 16.6 Å². The van der Waals surface area contributed by atoms with E-state index >= 15 is 0 Å². The van der Waals surface area contributed by atoms with Gasteiger partial charge >= 0.3 is 0 Å². The highest BCUT2D eigenvalue weighted by molar-refractivity contribution is 8.00. The van der Waals surface area contributed by atoms with E-state index in [1.165, 1.54) is 11.8 Å². The number of benzene rings is 2. The van der Waals surface area contributed by atoms with E-state index in [-0.39, 0.29) is 11.2 Å². The molecular formula is C19H17N3O2S.